The van der Waals surface area contributed by atoms with Gasteiger partial charge in [0.1, 0.15) is 12.4 Å². The highest BCUT2D eigenvalue weighted by atomic mass is 19.1. The minimum atomic E-state index is -0.395. The van der Waals surface area contributed by atoms with Crippen LogP contribution in [0.3, 0.4) is 0 Å². The molecule has 2 rings (SSSR count). The van der Waals surface area contributed by atoms with Gasteiger partial charge in [-0.1, -0.05) is 6.92 Å². The minimum absolute atomic E-state index is 0.120. The molecule has 20 heavy (non-hydrogen) atoms. The van der Waals surface area contributed by atoms with Crippen molar-refractivity contribution in [3.63, 3.8) is 0 Å². The van der Waals surface area contributed by atoms with Crippen molar-refractivity contribution in [1.29, 1.82) is 0 Å². The van der Waals surface area contributed by atoms with Crippen molar-refractivity contribution < 1.29 is 14.0 Å². The third-order valence-corrected chi connectivity index (χ3v) is 3.11. The maximum absolute atomic E-state index is 13.3. The van der Waals surface area contributed by atoms with Crippen LogP contribution in [0.1, 0.15) is 30.6 Å². The van der Waals surface area contributed by atoms with Gasteiger partial charge in [0, 0.05) is 29.2 Å². The molecule has 0 radical (unpaired) electrons. The Morgan fingerprint density at radius 2 is 2.10 bits per heavy atom. The molecule has 2 aromatic rings. The van der Waals surface area contributed by atoms with Crippen molar-refractivity contribution in [2.24, 2.45) is 0 Å². The van der Waals surface area contributed by atoms with E-state index in [2.05, 4.69) is 5.32 Å². The van der Waals surface area contributed by atoms with E-state index < -0.39 is 5.82 Å². The third kappa shape index (κ3) is 2.87. The lowest BCUT2D eigenvalue weighted by molar-refractivity contribution is -0.121. The summed E-state index contributed by atoms with van der Waals surface area (Å²) in [5, 5.41) is 3.32. The normalized spacial score (nSPS) is 10.8. The molecule has 5 heteroatoms. The second-order valence-electron chi connectivity index (χ2n) is 4.74. The van der Waals surface area contributed by atoms with Gasteiger partial charge < -0.3 is 9.88 Å². The smallest absolute Gasteiger partial charge is 0.239 e. The molecule has 0 saturated heterocycles. The number of Topliss-reactive ketones (excluding diaryl/α,β-unsaturated/α-hetero) is 1. The predicted molar refractivity (Wildman–Crippen MR) is 75.2 cm³/mol. The molecule has 0 saturated carbocycles. The van der Waals surface area contributed by atoms with Gasteiger partial charge in [-0.3, -0.25) is 9.59 Å². The van der Waals surface area contributed by atoms with E-state index in [4.69, 9.17) is 0 Å². The predicted octanol–water partition coefficient (Wildman–Crippen LogP) is 2.51. The number of ketones is 1. The molecule has 0 fully saturated rings. The van der Waals surface area contributed by atoms with Gasteiger partial charge in [0.15, 0.2) is 5.78 Å². The van der Waals surface area contributed by atoms with Crippen molar-refractivity contribution in [3.8, 4) is 0 Å². The summed E-state index contributed by atoms with van der Waals surface area (Å²) in [5.74, 6) is -0.662. The van der Waals surface area contributed by atoms with E-state index in [-0.39, 0.29) is 18.2 Å². The molecular formula is C15H17FN2O2. The van der Waals surface area contributed by atoms with E-state index in [0.717, 1.165) is 6.42 Å². The van der Waals surface area contributed by atoms with Crippen LogP contribution in [-0.4, -0.2) is 22.8 Å². The molecule has 1 heterocycles. The zero-order valence-corrected chi connectivity index (χ0v) is 11.6. The van der Waals surface area contributed by atoms with Gasteiger partial charge in [-0.2, -0.15) is 0 Å². The van der Waals surface area contributed by atoms with Gasteiger partial charge >= 0.3 is 0 Å². The van der Waals surface area contributed by atoms with Crippen molar-refractivity contribution in [2.75, 3.05) is 6.54 Å². The second-order valence-corrected chi connectivity index (χ2v) is 4.74. The average Bonchev–Trinajstić information content (AvgIpc) is 2.74. The molecule has 1 aromatic heterocycles. The lowest BCUT2D eigenvalue weighted by Gasteiger charge is -2.06. The van der Waals surface area contributed by atoms with Crippen LogP contribution in [-0.2, 0) is 11.3 Å². The third-order valence-electron chi connectivity index (χ3n) is 3.11. The number of aromatic nitrogens is 1. The number of halogens is 1. The molecule has 0 aliphatic carbocycles. The van der Waals surface area contributed by atoms with Gasteiger partial charge in [0.2, 0.25) is 5.91 Å². The average molecular weight is 276 g/mol. The zero-order valence-electron chi connectivity index (χ0n) is 11.6. The summed E-state index contributed by atoms with van der Waals surface area (Å²) < 4.78 is 15.0. The van der Waals surface area contributed by atoms with Crippen LogP contribution in [0.15, 0.2) is 24.4 Å². The Labute approximate surface area is 116 Å². The fourth-order valence-corrected chi connectivity index (χ4v) is 2.16. The Hall–Kier alpha value is -2.17. The van der Waals surface area contributed by atoms with E-state index in [0.29, 0.717) is 23.0 Å². The second kappa shape index (κ2) is 5.86. The van der Waals surface area contributed by atoms with Gasteiger partial charge in [0.05, 0.1) is 0 Å². The number of hydrogen-bond donors (Lipinski definition) is 1. The van der Waals surface area contributed by atoms with E-state index in [1.165, 1.54) is 19.1 Å². The lowest BCUT2D eigenvalue weighted by Crippen LogP contribution is -2.27. The Kier molecular flexibility index (Phi) is 4.17. The topological polar surface area (TPSA) is 51.1 Å². The van der Waals surface area contributed by atoms with Crippen LogP contribution in [0, 0.1) is 5.82 Å². The maximum Gasteiger partial charge on any atom is 0.239 e. The van der Waals surface area contributed by atoms with Crippen LogP contribution < -0.4 is 5.32 Å². The first-order chi connectivity index (χ1) is 9.52. The van der Waals surface area contributed by atoms with Crippen LogP contribution in [0.5, 0.6) is 0 Å². The van der Waals surface area contributed by atoms with Crippen LogP contribution in [0.2, 0.25) is 0 Å². The quantitative estimate of drug-likeness (QED) is 0.853. The summed E-state index contributed by atoms with van der Waals surface area (Å²) in [6, 6.07) is 4.24. The van der Waals surface area contributed by atoms with Crippen molar-refractivity contribution >= 4 is 22.6 Å². The highest BCUT2D eigenvalue weighted by molar-refractivity contribution is 6.07. The number of carbonyl (C=O) groups excluding carboxylic acids is 2. The SMILES string of the molecule is CCCNC(=O)Cn1cc(C(C)=O)c2cc(F)ccc21. The maximum atomic E-state index is 13.3. The lowest BCUT2D eigenvalue weighted by atomic mass is 10.1. The first-order valence-electron chi connectivity index (χ1n) is 6.59. The van der Waals surface area contributed by atoms with Gasteiger partial charge in [-0.15, -0.1) is 0 Å². The Morgan fingerprint density at radius 1 is 1.35 bits per heavy atom. The number of nitrogens with one attached hydrogen (secondary N) is 1. The molecule has 0 aliphatic heterocycles. The molecule has 1 N–H and O–H groups in total. The summed E-state index contributed by atoms with van der Waals surface area (Å²) >= 11 is 0. The zero-order chi connectivity index (χ0) is 14.7. The van der Waals surface area contributed by atoms with Gasteiger partial charge in [-0.25, -0.2) is 4.39 Å². The molecule has 0 spiro atoms. The number of carbonyl (C=O) groups is 2. The molecule has 0 unspecified atom stereocenters. The molecule has 0 bridgehead atoms. The van der Waals surface area contributed by atoms with Crippen LogP contribution in [0.25, 0.3) is 10.9 Å². The molecule has 1 aromatic carbocycles. The summed E-state index contributed by atoms with van der Waals surface area (Å²) in [7, 11) is 0. The monoisotopic (exact) mass is 276 g/mol. The molecule has 106 valence electrons. The molecule has 4 nitrogen and oxygen atoms in total. The highest BCUT2D eigenvalue weighted by Gasteiger charge is 2.14. The van der Waals surface area contributed by atoms with Crippen molar-refractivity contribution in [1.82, 2.24) is 9.88 Å². The molecule has 0 aliphatic rings. The first kappa shape index (κ1) is 14.2. The summed E-state index contributed by atoms with van der Waals surface area (Å²) in [5.41, 5.74) is 1.12. The number of nitrogens with zero attached hydrogens (tertiary/aromatic N) is 1. The van der Waals surface area contributed by atoms with Crippen molar-refractivity contribution in [3.05, 3.63) is 35.8 Å². The van der Waals surface area contributed by atoms with Gasteiger partial charge in [0.25, 0.3) is 0 Å². The number of fused-ring (bicyclic) bond motifs is 1. The van der Waals surface area contributed by atoms with Crippen LogP contribution >= 0.6 is 0 Å². The molecule has 1 amide bonds. The number of amides is 1. The fraction of sp³-hybridized carbons (Fsp3) is 0.333. The number of hydrogen-bond acceptors (Lipinski definition) is 2. The molecular weight excluding hydrogens is 259 g/mol. The Morgan fingerprint density at radius 3 is 2.75 bits per heavy atom. The minimum Gasteiger partial charge on any atom is -0.355 e. The first-order valence-corrected chi connectivity index (χ1v) is 6.59. The molecule has 0 atom stereocenters. The van der Waals surface area contributed by atoms with Crippen LogP contribution in [0.4, 0.5) is 4.39 Å². The van der Waals surface area contributed by atoms with Gasteiger partial charge in [-0.05, 0) is 31.5 Å². The summed E-state index contributed by atoms with van der Waals surface area (Å²) in [4.78, 5) is 23.4. The van der Waals surface area contributed by atoms with E-state index in [1.807, 2.05) is 6.92 Å². The van der Waals surface area contributed by atoms with E-state index in [9.17, 15) is 14.0 Å². The van der Waals surface area contributed by atoms with Crippen molar-refractivity contribution in [2.45, 2.75) is 26.8 Å². The summed E-state index contributed by atoms with van der Waals surface area (Å²) in [6.45, 7) is 4.14. The largest absolute Gasteiger partial charge is 0.355 e. The summed E-state index contributed by atoms with van der Waals surface area (Å²) in [6.07, 6.45) is 2.47. The Bertz CT molecular complexity index is 661. The number of rotatable bonds is 5. The van der Waals surface area contributed by atoms with E-state index in [1.54, 1.807) is 16.8 Å². The highest BCUT2D eigenvalue weighted by Crippen LogP contribution is 2.23. The number of benzene rings is 1. The van der Waals surface area contributed by atoms with E-state index >= 15 is 0 Å². The standard InChI is InChI=1S/C15H17FN2O2/c1-3-6-17-15(20)9-18-8-13(10(2)19)12-7-11(16)4-5-14(12)18/h4-5,7-8H,3,6,9H2,1-2H3,(H,17,20). The Balaban J connectivity index is 2.39. The fourth-order valence-electron chi connectivity index (χ4n) is 2.16.